The monoisotopic (exact) mass is 250 g/mol. The van der Waals surface area contributed by atoms with Crippen LogP contribution in [0.25, 0.3) is 0 Å². The van der Waals surface area contributed by atoms with Crippen LogP contribution in [-0.4, -0.2) is 18.0 Å². The third-order valence-electron chi connectivity index (χ3n) is 1.51. The quantitative estimate of drug-likeness (QED) is 0.893. The Balaban J connectivity index is 2.71. The highest BCUT2D eigenvalue weighted by Crippen LogP contribution is 2.23. The Labute approximate surface area is 83.5 Å². The predicted molar refractivity (Wildman–Crippen MR) is 51.2 cm³/mol. The van der Waals surface area contributed by atoms with Gasteiger partial charge in [0.15, 0.2) is 0 Å². The highest BCUT2D eigenvalue weighted by atomic mass is 79.9. The van der Waals surface area contributed by atoms with Gasteiger partial charge in [0.05, 0.1) is 11.0 Å². The second-order valence-electron chi connectivity index (χ2n) is 2.56. The lowest BCUT2D eigenvalue weighted by atomic mass is 10.3. The molecule has 1 aromatic heterocycles. The number of hydrogen-bond acceptors (Lipinski definition) is 2. The molecule has 0 radical (unpaired) electrons. The van der Waals surface area contributed by atoms with E-state index < -0.39 is 6.43 Å². The minimum absolute atomic E-state index is 0.380. The number of nitrogens with zero attached hydrogens (tertiary/aromatic N) is 1. The molecule has 1 N–H and O–H groups in total. The van der Waals surface area contributed by atoms with Gasteiger partial charge in [-0.05, 0) is 34.5 Å². The fourth-order valence-electron chi connectivity index (χ4n) is 0.837. The summed E-state index contributed by atoms with van der Waals surface area (Å²) in [6, 6.07) is 1.80. The van der Waals surface area contributed by atoms with Gasteiger partial charge in [0, 0.05) is 6.20 Å². The molecule has 0 amide bonds. The van der Waals surface area contributed by atoms with Gasteiger partial charge in [-0.15, -0.1) is 0 Å². The van der Waals surface area contributed by atoms with Gasteiger partial charge >= 0.3 is 0 Å². The van der Waals surface area contributed by atoms with Crippen LogP contribution in [-0.2, 0) is 0 Å². The van der Waals surface area contributed by atoms with Crippen LogP contribution in [0.2, 0.25) is 0 Å². The molecular weight excluding hydrogens is 242 g/mol. The van der Waals surface area contributed by atoms with Crippen molar-refractivity contribution in [2.24, 2.45) is 0 Å². The summed E-state index contributed by atoms with van der Waals surface area (Å²) in [6.45, 7) is 1.49. The highest BCUT2D eigenvalue weighted by molar-refractivity contribution is 9.10. The summed E-state index contributed by atoms with van der Waals surface area (Å²) in [5.74, 6) is 0.459. The molecule has 0 aliphatic heterocycles. The molecular formula is C8H9BrF2N2. The molecule has 0 aliphatic rings. The van der Waals surface area contributed by atoms with Crippen LogP contribution in [0.15, 0.2) is 16.7 Å². The van der Waals surface area contributed by atoms with Gasteiger partial charge in [-0.1, -0.05) is 0 Å². The molecule has 1 aromatic rings. The van der Waals surface area contributed by atoms with Crippen LogP contribution in [0.3, 0.4) is 0 Å². The molecule has 0 aromatic carbocycles. The third kappa shape index (κ3) is 2.91. The Morgan fingerprint density at radius 2 is 2.31 bits per heavy atom. The van der Waals surface area contributed by atoms with E-state index in [-0.39, 0.29) is 6.54 Å². The summed E-state index contributed by atoms with van der Waals surface area (Å²) in [7, 11) is 0. The summed E-state index contributed by atoms with van der Waals surface area (Å²) in [5.41, 5.74) is 0.965. The van der Waals surface area contributed by atoms with Gasteiger partial charge in [0.2, 0.25) is 0 Å². The number of pyridine rings is 1. The molecule has 1 rings (SSSR count). The van der Waals surface area contributed by atoms with Gasteiger partial charge in [0.25, 0.3) is 6.43 Å². The van der Waals surface area contributed by atoms with Crippen LogP contribution in [0.5, 0.6) is 0 Å². The van der Waals surface area contributed by atoms with E-state index in [2.05, 4.69) is 26.2 Å². The molecule has 13 heavy (non-hydrogen) atoms. The molecule has 1 heterocycles. The number of nitrogens with one attached hydrogen (secondary N) is 1. The smallest absolute Gasteiger partial charge is 0.255 e. The van der Waals surface area contributed by atoms with Gasteiger partial charge in [-0.2, -0.15) is 0 Å². The lowest BCUT2D eigenvalue weighted by molar-refractivity contribution is 0.163. The zero-order valence-electron chi connectivity index (χ0n) is 7.02. The van der Waals surface area contributed by atoms with E-state index in [1.807, 2.05) is 6.92 Å². The predicted octanol–water partition coefficient (Wildman–Crippen LogP) is 2.83. The summed E-state index contributed by atoms with van der Waals surface area (Å²) < 4.78 is 24.4. The maximum absolute atomic E-state index is 11.8. The number of rotatable bonds is 3. The maximum Gasteiger partial charge on any atom is 0.255 e. The number of hydrogen-bond donors (Lipinski definition) is 1. The van der Waals surface area contributed by atoms with Crippen molar-refractivity contribution < 1.29 is 8.78 Å². The zero-order chi connectivity index (χ0) is 9.84. The van der Waals surface area contributed by atoms with E-state index in [0.717, 1.165) is 10.0 Å². The van der Waals surface area contributed by atoms with Crippen molar-refractivity contribution in [3.63, 3.8) is 0 Å². The van der Waals surface area contributed by atoms with Crippen LogP contribution in [0.1, 0.15) is 5.56 Å². The molecule has 72 valence electrons. The molecule has 0 spiro atoms. The first-order valence-electron chi connectivity index (χ1n) is 3.74. The van der Waals surface area contributed by atoms with Gasteiger partial charge in [0.1, 0.15) is 5.82 Å². The summed E-state index contributed by atoms with van der Waals surface area (Å²) >= 11 is 3.26. The van der Waals surface area contributed by atoms with Crippen molar-refractivity contribution in [3.8, 4) is 0 Å². The molecule has 0 bridgehead atoms. The Bertz CT molecular complexity index is 291. The SMILES string of the molecule is Cc1ccnc(NCC(F)F)c1Br. The first-order chi connectivity index (χ1) is 6.11. The molecule has 5 heteroatoms. The fourth-order valence-corrected chi connectivity index (χ4v) is 1.21. The Kier molecular flexibility index (Phi) is 3.59. The largest absolute Gasteiger partial charge is 0.363 e. The Morgan fingerprint density at radius 3 is 2.92 bits per heavy atom. The minimum Gasteiger partial charge on any atom is -0.363 e. The number of aromatic nitrogens is 1. The summed E-state index contributed by atoms with van der Waals surface area (Å²) in [5, 5.41) is 2.55. The molecule has 2 nitrogen and oxygen atoms in total. The van der Waals surface area contributed by atoms with E-state index in [1.54, 1.807) is 12.3 Å². The van der Waals surface area contributed by atoms with E-state index >= 15 is 0 Å². The normalized spacial score (nSPS) is 10.5. The Morgan fingerprint density at radius 1 is 1.62 bits per heavy atom. The number of alkyl halides is 2. The van der Waals surface area contributed by atoms with Crippen molar-refractivity contribution in [3.05, 3.63) is 22.3 Å². The summed E-state index contributed by atoms with van der Waals surface area (Å²) in [6.07, 6.45) is -0.789. The lowest BCUT2D eigenvalue weighted by Crippen LogP contribution is -2.11. The lowest BCUT2D eigenvalue weighted by Gasteiger charge is -2.07. The highest BCUT2D eigenvalue weighted by Gasteiger charge is 2.06. The zero-order valence-corrected chi connectivity index (χ0v) is 8.61. The summed E-state index contributed by atoms with van der Waals surface area (Å²) in [4.78, 5) is 3.92. The molecule has 0 saturated heterocycles. The van der Waals surface area contributed by atoms with Crippen LogP contribution < -0.4 is 5.32 Å². The first-order valence-corrected chi connectivity index (χ1v) is 4.53. The Hall–Kier alpha value is -0.710. The second kappa shape index (κ2) is 4.50. The van der Waals surface area contributed by atoms with E-state index in [4.69, 9.17) is 0 Å². The van der Waals surface area contributed by atoms with Crippen molar-refractivity contribution in [1.82, 2.24) is 4.98 Å². The van der Waals surface area contributed by atoms with Crippen molar-refractivity contribution >= 4 is 21.7 Å². The molecule has 0 fully saturated rings. The van der Waals surface area contributed by atoms with Crippen molar-refractivity contribution in [2.45, 2.75) is 13.3 Å². The van der Waals surface area contributed by atoms with Crippen LogP contribution in [0, 0.1) is 6.92 Å². The maximum atomic E-state index is 11.8. The van der Waals surface area contributed by atoms with Crippen molar-refractivity contribution in [2.75, 3.05) is 11.9 Å². The third-order valence-corrected chi connectivity index (χ3v) is 2.51. The van der Waals surface area contributed by atoms with Gasteiger partial charge in [-0.3, -0.25) is 0 Å². The van der Waals surface area contributed by atoms with Gasteiger partial charge in [-0.25, -0.2) is 13.8 Å². The van der Waals surface area contributed by atoms with E-state index in [1.165, 1.54) is 0 Å². The molecule has 0 unspecified atom stereocenters. The van der Waals surface area contributed by atoms with Crippen LogP contribution in [0.4, 0.5) is 14.6 Å². The van der Waals surface area contributed by atoms with Crippen LogP contribution >= 0.6 is 15.9 Å². The van der Waals surface area contributed by atoms with Gasteiger partial charge < -0.3 is 5.32 Å². The first kappa shape index (κ1) is 10.4. The standard InChI is InChI=1S/C8H9BrF2N2/c1-5-2-3-12-8(7(5)9)13-4-6(10)11/h2-3,6H,4H2,1H3,(H,12,13). The average molecular weight is 251 g/mol. The number of halogens is 3. The molecule has 0 atom stereocenters. The minimum atomic E-state index is -2.37. The van der Waals surface area contributed by atoms with Crippen molar-refractivity contribution in [1.29, 1.82) is 0 Å². The molecule has 0 saturated carbocycles. The number of aryl methyl sites for hydroxylation is 1. The average Bonchev–Trinajstić information content (AvgIpc) is 2.07. The van der Waals surface area contributed by atoms with E-state index in [9.17, 15) is 8.78 Å². The topological polar surface area (TPSA) is 24.9 Å². The number of anilines is 1. The molecule has 0 aliphatic carbocycles. The fraction of sp³-hybridized carbons (Fsp3) is 0.375. The second-order valence-corrected chi connectivity index (χ2v) is 3.36. The van der Waals surface area contributed by atoms with E-state index in [0.29, 0.717) is 5.82 Å².